The van der Waals surface area contributed by atoms with E-state index in [1.54, 1.807) is 0 Å². The van der Waals surface area contributed by atoms with E-state index in [9.17, 15) is 0 Å². The summed E-state index contributed by atoms with van der Waals surface area (Å²) in [6, 6.07) is 14.1. The van der Waals surface area contributed by atoms with Gasteiger partial charge in [0.1, 0.15) is 29.7 Å². The summed E-state index contributed by atoms with van der Waals surface area (Å²) in [5, 5.41) is 11.8. The summed E-state index contributed by atoms with van der Waals surface area (Å²) in [6.07, 6.45) is 1.95. The fraction of sp³-hybridized carbons (Fsp3) is 0.360. The van der Waals surface area contributed by atoms with Crippen LogP contribution in [0.2, 0.25) is 0 Å². The van der Waals surface area contributed by atoms with E-state index in [1.807, 2.05) is 41.2 Å². The molecule has 0 atom stereocenters. The third kappa shape index (κ3) is 5.03. The highest BCUT2D eigenvalue weighted by molar-refractivity contribution is 6.02. The minimum absolute atomic E-state index is 0.377. The molecule has 0 spiro atoms. The summed E-state index contributed by atoms with van der Waals surface area (Å²) < 4.78 is 13.2. The van der Waals surface area contributed by atoms with Crippen LogP contribution in [0.1, 0.15) is 11.3 Å². The van der Waals surface area contributed by atoms with Crippen molar-refractivity contribution in [2.75, 3.05) is 45.9 Å². The molecule has 2 aliphatic rings. The van der Waals surface area contributed by atoms with Crippen LogP contribution in [-0.4, -0.2) is 81.6 Å². The number of benzene rings is 2. The van der Waals surface area contributed by atoms with Gasteiger partial charge < -0.3 is 19.8 Å². The highest BCUT2D eigenvalue weighted by Gasteiger charge is 2.12. The Kier molecular flexibility index (Phi) is 6.12. The Hall–Kier alpha value is -3.76. The molecule has 2 N–H and O–H groups in total. The van der Waals surface area contributed by atoms with Crippen molar-refractivity contribution in [1.29, 1.82) is 0 Å². The molecule has 35 heavy (non-hydrogen) atoms. The fourth-order valence-electron chi connectivity index (χ4n) is 4.33. The molecular weight excluding hydrogens is 444 g/mol. The van der Waals surface area contributed by atoms with E-state index in [0.29, 0.717) is 6.61 Å². The Bertz CT molecular complexity index is 1320. The van der Waals surface area contributed by atoms with Crippen molar-refractivity contribution >= 4 is 16.9 Å². The summed E-state index contributed by atoms with van der Waals surface area (Å²) in [5.74, 6) is 2.55. The first kappa shape index (κ1) is 21.8. The quantitative estimate of drug-likeness (QED) is 0.405. The van der Waals surface area contributed by atoms with Crippen molar-refractivity contribution in [2.24, 2.45) is 4.99 Å². The van der Waals surface area contributed by atoms with Crippen molar-refractivity contribution in [3.8, 4) is 17.1 Å². The van der Waals surface area contributed by atoms with Gasteiger partial charge in [-0.15, -0.1) is 5.10 Å². The molecule has 4 heterocycles. The second-order valence-electron chi connectivity index (χ2n) is 8.71. The maximum Gasteiger partial charge on any atom is 0.138 e. The number of nitrogens with zero attached hydrogens (tertiary/aromatic N) is 6. The summed E-state index contributed by atoms with van der Waals surface area (Å²) in [6.45, 7) is 7.41. The number of nitrogens with one attached hydrogen (secondary N) is 2. The molecular formula is C25H28N8O2. The molecule has 10 heteroatoms. The standard InChI is InChI=1S/C25H28N8O2/c1-4-21(35-17-20-16-33(31-30-20)10-9-32-11-13-34-14-12-32)5-2-18(1)25-28-22-6-3-19(15-23(22)29-25)24-26-7-8-27-24/h1-6,15-16H,7-14,17H2,(H,26,27)(H,28,29). The summed E-state index contributed by atoms with van der Waals surface area (Å²) in [5.41, 5.74) is 4.81. The van der Waals surface area contributed by atoms with Crippen molar-refractivity contribution < 1.29 is 9.47 Å². The number of hydrogen-bond acceptors (Lipinski definition) is 8. The highest BCUT2D eigenvalue weighted by atomic mass is 16.5. The minimum atomic E-state index is 0.377. The van der Waals surface area contributed by atoms with E-state index in [0.717, 1.165) is 97.7 Å². The van der Waals surface area contributed by atoms with E-state index in [4.69, 9.17) is 14.5 Å². The van der Waals surface area contributed by atoms with Crippen molar-refractivity contribution in [3.63, 3.8) is 0 Å². The van der Waals surface area contributed by atoms with Gasteiger partial charge in [0.25, 0.3) is 0 Å². The van der Waals surface area contributed by atoms with Crippen molar-refractivity contribution in [3.05, 3.63) is 59.9 Å². The second-order valence-corrected chi connectivity index (χ2v) is 8.71. The van der Waals surface area contributed by atoms with E-state index in [1.165, 1.54) is 0 Å². The third-order valence-electron chi connectivity index (χ3n) is 6.28. The van der Waals surface area contributed by atoms with Gasteiger partial charge in [-0.05, 0) is 42.5 Å². The molecule has 0 unspecified atom stereocenters. The van der Waals surface area contributed by atoms with Crippen LogP contribution < -0.4 is 10.1 Å². The molecule has 0 bridgehead atoms. The lowest BCUT2D eigenvalue weighted by Gasteiger charge is -2.26. The molecule has 10 nitrogen and oxygen atoms in total. The van der Waals surface area contributed by atoms with Gasteiger partial charge in [-0.2, -0.15) is 0 Å². The molecule has 2 aromatic carbocycles. The third-order valence-corrected chi connectivity index (χ3v) is 6.28. The molecule has 2 aromatic heterocycles. The molecule has 0 aliphatic carbocycles. The lowest BCUT2D eigenvalue weighted by atomic mass is 10.2. The van der Waals surface area contributed by atoms with E-state index >= 15 is 0 Å². The van der Waals surface area contributed by atoms with Gasteiger partial charge in [-0.25, -0.2) is 4.98 Å². The van der Waals surface area contributed by atoms with Crippen molar-refractivity contribution in [2.45, 2.75) is 13.2 Å². The monoisotopic (exact) mass is 472 g/mol. The van der Waals surface area contributed by atoms with Gasteiger partial charge in [-0.3, -0.25) is 14.6 Å². The van der Waals surface area contributed by atoms with Crippen LogP contribution in [0.5, 0.6) is 5.75 Å². The summed E-state index contributed by atoms with van der Waals surface area (Å²) in [4.78, 5) is 15.0. The minimum Gasteiger partial charge on any atom is -0.487 e. The first-order valence-electron chi connectivity index (χ1n) is 12.0. The van der Waals surface area contributed by atoms with Gasteiger partial charge in [0.2, 0.25) is 0 Å². The number of morpholine rings is 1. The zero-order chi connectivity index (χ0) is 23.5. The lowest BCUT2D eigenvalue weighted by molar-refractivity contribution is 0.0359. The highest BCUT2D eigenvalue weighted by Crippen LogP contribution is 2.24. The number of rotatable bonds is 8. The Balaban J connectivity index is 1.06. The largest absolute Gasteiger partial charge is 0.487 e. The Labute approximate surface area is 203 Å². The van der Waals surface area contributed by atoms with Crippen LogP contribution in [0.3, 0.4) is 0 Å². The predicted molar refractivity (Wildman–Crippen MR) is 133 cm³/mol. The average Bonchev–Trinajstić information content (AvgIpc) is 3.68. The van der Waals surface area contributed by atoms with Crippen LogP contribution >= 0.6 is 0 Å². The molecule has 0 saturated carbocycles. The van der Waals surface area contributed by atoms with E-state index in [-0.39, 0.29) is 0 Å². The number of imidazole rings is 1. The normalized spacial score (nSPS) is 16.4. The number of H-pyrrole nitrogens is 1. The molecule has 2 aliphatic heterocycles. The van der Waals surface area contributed by atoms with Crippen molar-refractivity contribution in [1.82, 2.24) is 35.2 Å². The molecule has 180 valence electrons. The lowest BCUT2D eigenvalue weighted by Crippen LogP contribution is -2.38. The van der Waals surface area contributed by atoms with Crippen LogP contribution in [0.4, 0.5) is 0 Å². The van der Waals surface area contributed by atoms with E-state index in [2.05, 4.69) is 42.6 Å². The maximum absolute atomic E-state index is 5.93. The van der Waals surface area contributed by atoms with Gasteiger partial charge in [-0.1, -0.05) is 5.21 Å². The number of hydrogen-bond donors (Lipinski definition) is 2. The zero-order valence-corrected chi connectivity index (χ0v) is 19.5. The molecule has 1 fully saturated rings. The number of aromatic amines is 1. The fourth-order valence-corrected chi connectivity index (χ4v) is 4.33. The van der Waals surface area contributed by atoms with Crippen LogP contribution in [0.15, 0.2) is 53.7 Å². The van der Waals surface area contributed by atoms with Gasteiger partial charge in [0.15, 0.2) is 0 Å². The number of aliphatic imine (C=N–C) groups is 1. The number of ether oxygens (including phenoxy) is 2. The van der Waals surface area contributed by atoms with Gasteiger partial charge >= 0.3 is 0 Å². The first-order chi connectivity index (χ1) is 17.3. The van der Waals surface area contributed by atoms with Gasteiger partial charge in [0.05, 0.1) is 43.5 Å². The van der Waals surface area contributed by atoms with Crippen LogP contribution in [-0.2, 0) is 17.9 Å². The van der Waals surface area contributed by atoms with Crippen LogP contribution in [0, 0.1) is 0 Å². The topological polar surface area (TPSA) is 105 Å². The smallest absolute Gasteiger partial charge is 0.138 e. The average molecular weight is 473 g/mol. The van der Waals surface area contributed by atoms with Crippen LogP contribution in [0.25, 0.3) is 22.4 Å². The number of fused-ring (bicyclic) bond motifs is 1. The maximum atomic E-state index is 5.93. The molecule has 1 saturated heterocycles. The zero-order valence-electron chi connectivity index (χ0n) is 19.5. The number of amidine groups is 1. The summed E-state index contributed by atoms with van der Waals surface area (Å²) >= 11 is 0. The molecule has 6 rings (SSSR count). The second kappa shape index (κ2) is 9.85. The van der Waals surface area contributed by atoms with E-state index < -0.39 is 0 Å². The first-order valence-corrected chi connectivity index (χ1v) is 12.0. The predicted octanol–water partition coefficient (Wildman–Crippen LogP) is 2.08. The Morgan fingerprint density at radius 2 is 1.86 bits per heavy atom. The SMILES string of the molecule is c1cc(-c2nc3ccc(C4=NCCN4)cc3[nH]2)ccc1OCc1cn(CCN2CCOCC2)nn1. The molecule has 0 radical (unpaired) electrons. The Morgan fingerprint density at radius 3 is 2.69 bits per heavy atom. The number of aromatic nitrogens is 5. The van der Waals surface area contributed by atoms with Gasteiger partial charge in [0, 0.05) is 37.3 Å². The molecule has 4 aromatic rings. The summed E-state index contributed by atoms with van der Waals surface area (Å²) in [7, 11) is 0. The Morgan fingerprint density at radius 1 is 1.00 bits per heavy atom. The molecule has 0 amide bonds.